The van der Waals surface area contributed by atoms with Crippen LogP contribution in [0.15, 0.2) is 206 Å². The molecule has 9 aromatic rings. The Bertz CT molecular complexity index is 2550. The molecule has 10 rings (SSSR count). The third-order valence-electron chi connectivity index (χ3n) is 10.7. The Labute approximate surface area is 299 Å². The van der Waals surface area contributed by atoms with Gasteiger partial charge in [0.15, 0.2) is 8.07 Å². The Hall–Kier alpha value is -6.42. The Morgan fingerprint density at radius 3 is 1.39 bits per heavy atom. The van der Waals surface area contributed by atoms with Crippen molar-refractivity contribution in [2.24, 2.45) is 0 Å². The lowest BCUT2D eigenvalue weighted by Crippen LogP contribution is -2.77. The SMILES string of the molecule is c1ccc([Si]2(c3ccccc3)c3ccccc3N(c3cccc(-c4ccc(-n5c6ccccc6c6ccccc65)cc4)c3)c3ccccc32)cc1. The molecule has 240 valence electrons. The van der Waals surface area contributed by atoms with E-state index in [9.17, 15) is 0 Å². The predicted molar refractivity (Wildman–Crippen MR) is 218 cm³/mol. The molecule has 0 aliphatic carbocycles. The molecule has 51 heavy (non-hydrogen) atoms. The topological polar surface area (TPSA) is 8.17 Å². The summed E-state index contributed by atoms with van der Waals surface area (Å²) >= 11 is 0. The maximum absolute atomic E-state index is 2.64. The summed E-state index contributed by atoms with van der Waals surface area (Å²) in [7, 11) is -2.64. The lowest BCUT2D eigenvalue weighted by molar-refractivity contribution is 1.18. The van der Waals surface area contributed by atoms with E-state index in [0.717, 1.165) is 11.4 Å². The first-order chi connectivity index (χ1) is 25.3. The summed E-state index contributed by atoms with van der Waals surface area (Å²) in [5.74, 6) is 0. The second-order valence-electron chi connectivity index (χ2n) is 13.3. The molecule has 0 atom stereocenters. The van der Waals surface area contributed by atoms with Gasteiger partial charge in [-0.1, -0.05) is 158 Å². The lowest BCUT2D eigenvalue weighted by Gasteiger charge is -2.45. The van der Waals surface area contributed by atoms with Gasteiger partial charge in [0.2, 0.25) is 0 Å². The molecule has 0 bridgehead atoms. The van der Waals surface area contributed by atoms with Gasteiger partial charge in [-0.2, -0.15) is 0 Å². The van der Waals surface area contributed by atoms with Gasteiger partial charge < -0.3 is 9.47 Å². The first kappa shape index (κ1) is 29.5. The number of benzene rings is 8. The molecule has 0 unspecified atom stereocenters. The maximum Gasteiger partial charge on any atom is 0.184 e. The molecular formula is C48H34N2Si. The third-order valence-corrected chi connectivity index (χ3v) is 15.5. The summed E-state index contributed by atoms with van der Waals surface area (Å²) in [5, 5.41) is 8.15. The molecule has 0 saturated carbocycles. The van der Waals surface area contributed by atoms with E-state index in [1.165, 1.54) is 65.1 Å². The number of nitrogens with zero attached hydrogens (tertiary/aromatic N) is 2. The number of aromatic nitrogens is 1. The van der Waals surface area contributed by atoms with Crippen LogP contribution < -0.4 is 25.6 Å². The van der Waals surface area contributed by atoms with Crippen molar-refractivity contribution < 1.29 is 0 Å². The molecule has 1 aliphatic heterocycles. The summed E-state index contributed by atoms with van der Waals surface area (Å²) in [4.78, 5) is 2.48. The van der Waals surface area contributed by atoms with Gasteiger partial charge in [-0.3, -0.25) is 0 Å². The van der Waals surface area contributed by atoms with E-state index in [4.69, 9.17) is 0 Å². The zero-order valence-corrected chi connectivity index (χ0v) is 29.0. The summed E-state index contributed by atoms with van der Waals surface area (Å²) < 4.78 is 2.38. The summed E-state index contributed by atoms with van der Waals surface area (Å²) in [5.41, 5.74) is 9.64. The number of para-hydroxylation sites is 4. The summed E-state index contributed by atoms with van der Waals surface area (Å²) in [6, 6.07) is 76.0. The third kappa shape index (κ3) is 4.49. The Kier molecular flexibility index (Phi) is 6.86. The van der Waals surface area contributed by atoms with E-state index in [2.05, 4.69) is 216 Å². The van der Waals surface area contributed by atoms with Crippen molar-refractivity contribution in [3.05, 3.63) is 206 Å². The second-order valence-corrected chi connectivity index (χ2v) is 17.1. The van der Waals surface area contributed by atoms with Crippen LogP contribution in [0.1, 0.15) is 0 Å². The second kappa shape index (κ2) is 11.9. The molecule has 3 heteroatoms. The van der Waals surface area contributed by atoms with Gasteiger partial charge in [0.25, 0.3) is 0 Å². The van der Waals surface area contributed by atoms with E-state index < -0.39 is 8.07 Å². The fraction of sp³-hybridized carbons (Fsp3) is 0. The zero-order valence-electron chi connectivity index (χ0n) is 28.0. The van der Waals surface area contributed by atoms with Crippen LogP contribution in [-0.2, 0) is 0 Å². The fourth-order valence-corrected chi connectivity index (χ4v) is 13.6. The minimum absolute atomic E-state index is 1.16. The minimum Gasteiger partial charge on any atom is -0.311 e. The van der Waals surface area contributed by atoms with Crippen LogP contribution in [0.5, 0.6) is 0 Å². The molecule has 1 aliphatic rings. The van der Waals surface area contributed by atoms with E-state index in [1.807, 2.05) is 0 Å². The van der Waals surface area contributed by atoms with Crippen LogP contribution in [-0.4, -0.2) is 12.6 Å². The minimum atomic E-state index is -2.64. The molecule has 0 saturated heterocycles. The predicted octanol–water partition coefficient (Wildman–Crippen LogP) is 9.61. The summed E-state index contributed by atoms with van der Waals surface area (Å²) in [6.45, 7) is 0. The molecule has 2 heterocycles. The standard InChI is InChI=1S/C48H34N2Si/c1-3-18-39(19-4-1)51(40-20-5-2-6-21-40)47-28-13-11-26-45(47)50(46-27-12-14-29-48(46)51)38-17-15-16-36(34-38)35-30-32-37(33-31-35)49-43-24-9-7-22-41(43)42-23-8-10-25-44(42)49/h1-34H. The number of anilines is 3. The molecule has 0 spiro atoms. The molecule has 0 fully saturated rings. The van der Waals surface area contributed by atoms with Gasteiger partial charge >= 0.3 is 0 Å². The van der Waals surface area contributed by atoms with Crippen molar-refractivity contribution in [3.8, 4) is 16.8 Å². The lowest BCUT2D eigenvalue weighted by atomic mass is 10.0. The van der Waals surface area contributed by atoms with Crippen LogP contribution >= 0.6 is 0 Å². The Morgan fingerprint density at radius 1 is 0.333 bits per heavy atom. The molecule has 1 aromatic heterocycles. The smallest absolute Gasteiger partial charge is 0.184 e. The Balaban J connectivity index is 1.12. The largest absolute Gasteiger partial charge is 0.311 e. The van der Waals surface area contributed by atoms with Crippen molar-refractivity contribution >= 4 is 67.7 Å². The Morgan fingerprint density at radius 2 is 0.824 bits per heavy atom. The highest BCUT2D eigenvalue weighted by Gasteiger charge is 2.48. The fourth-order valence-electron chi connectivity index (χ4n) is 8.52. The molecule has 0 radical (unpaired) electrons. The average Bonchev–Trinajstić information content (AvgIpc) is 3.55. The van der Waals surface area contributed by atoms with E-state index in [1.54, 1.807) is 0 Å². The van der Waals surface area contributed by atoms with Gasteiger partial charge in [-0.15, -0.1) is 0 Å². The van der Waals surface area contributed by atoms with Crippen molar-refractivity contribution in [1.82, 2.24) is 4.57 Å². The highest BCUT2D eigenvalue weighted by Crippen LogP contribution is 2.40. The number of hydrogen-bond acceptors (Lipinski definition) is 1. The summed E-state index contributed by atoms with van der Waals surface area (Å²) in [6.07, 6.45) is 0. The van der Waals surface area contributed by atoms with Gasteiger partial charge in [-0.25, -0.2) is 0 Å². The highest BCUT2D eigenvalue weighted by molar-refractivity contribution is 7.21. The van der Waals surface area contributed by atoms with Crippen molar-refractivity contribution in [1.29, 1.82) is 0 Å². The van der Waals surface area contributed by atoms with E-state index in [-0.39, 0.29) is 0 Å². The molecule has 2 nitrogen and oxygen atoms in total. The molecular weight excluding hydrogens is 633 g/mol. The van der Waals surface area contributed by atoms with Crippen molar-refractivity contribution in [2.75, 3.05) is 4.90 Å². The molecule has 8 aromatic carbocycles. The van der Waals surface area contributed by atoms with Crippen LogP contribution in [0.2, 0.25) is 0 Å². The maximum atomic E-state index is 2.48. The average molecular weight is 667 g/mol. The highest BCUT2D eigenvalue weighted by atomic mass is 28.3. The van der Waals surface area contributed by atoms with Gasteiger partial charge in [0.05, 0.1) is 11.0 Å². The monoisotopic (exact) mass is 666 g/mol. The normalized spacial score (nSPS) is 13.2. The zero-order chi connectivity index (χ0) is 33.8. The first-order valence-electron chi connectivity index (χ1n) is 17.6. The quantitative estimate of drug-likeness (QED) is 0.166. The first-order valence-corrected chi connectivity index (χ1v) is 19.6. The van der Waals surface area contributed by atoms with Crippen LogP contribution in [0.3, 0.4) is 0 Å². The van der Waals surface area contributed by atoms with E-state index >= 15 is 0 Å². The van der Waals surface area contributed by atoms with Gasteiger partial charge in [0, 0.05) is 33.5 Å². The van der Waals surface area contributed by atoms with Gasteiger partial charge in [-0.05, 0) is 80.4 Å². The number of fused-ring (bicyclic) bond motifs is 5. The van der Waals surface area contributed by atoms with Crippen molar-refractivity contribution in [2.45, 2.75) is 0 Å². The molecule has 0 N–H and O–H groups in total. The number of hydrogen-bond donors (Lipinski definition) is 0. The van der Waals surface area contributed by atoms with Crippen LogP contribution in [0.25, 0.3) is 38.6 Å². The van der Waals surface area contributed by atoms with E-state index in [0.29, 0.717) is 0 Å². The van der Waals surface area contributed by atoms with Crippen LogP contribution in [0.4, 0.5) is 17.1 Å². The van der Waals surface area contributed by atoms with Gasteiger partial charge in [0.1, 0.15) is 0 Å². The van der Waals surface area contributed by atoms with Crippen molar-refractivity contribution in [3.63, 3.8) is 0 Å². The molecule has 0 amide bonds. The number of rotatable bonds is 5. The van der Waals surface area contributed by atoms with Crippen LogP contribution in [0, 0.1) is 0 Å².